The number of para-hydroxylation sites is 2. The number of nitrogens with zero attached hydrogens (tertiary/aromatic N) is 2. The Labute approximate surface area is 154 Å². The predicted molar refractivity (Wildman–Crippen MR) is 103 cm³/mol. The fourth-order valence-corrected chi connectivity index (χ4v) is 3.20. The molecule has 1 N–H and O–H groups in total. The first-order chi connectivity index (χ1) is 12.5. The topological polar surface area (TPSA) is 53.0 Å². The van der Waals surface area contributed by atoms with Gasteiger partial charge in [0.2, 0.25) is 5.91 Å². The Morgan fingerprint density at radius 3 is 2.54 bits per heavy atom. The SMILES string of the molecule is Cc1ccc(C)c(OCCC(=O)N2CCN(c3ccccc3O)CC2)c1. The minimum atomic E-state index is 0.118. The summed E-state index contributed by atoms with van der Waals surface area (Å²) in [4.78, 5) is 16.4. The van der Waals surface area contributed by atoms with Gasteiger partial charge in [-0.2, -0.15) is 0 Å². The van der Waals surface area contributed by atoms with E-state index in [0.29, 0.717) is 26.1 Å². The fraction of sp³-hybridized carbons (Fsp3) is 0.381. The standard InChI is InChI=1S/C21H26N2O3/c1-16-7-8-17(2)20(15-16)26-14-9-21(25)23-12-10-22(11-13-23)18-5-3-4-6-19(18)24/h3-8,15,24H,9-14H2,1-2H3. The van der Waals surface area contributed by atoms with Gasteiger partial charge < -0.3 is 19.6 Å². The van der Waals surface area contributed by atoms with E-state index in [1.165, 1.54) is 0 Å². The van der Waals surface area contributed by atoms with Gasteiger partial charge in [0.05, 0.1) is 18.7 Å². The second-order valence-electron chi connectivity index (χ2n) is 6.72. The number of ether oxygens (including phenoxy) is 1. The summed E-state index contributed by atoms with van der Waals surface area (Å²) < 4.78 is 5.79. The summed E-state index contributed by atoms with van der Waals surface area (Å²) in [5, 5.41) is 9.97. The van der Waals surface area contributed by atoms with E-state index >= 15 is 0 Å². The van der Waals surface area contributed by atoms with Crippen molar-refractivity contribution >= 4 is 11.6 Å². The molecule has 0 saturated carbocycles. The van der Waals surface area contributed by atoms with Crippen LogP contribution >= 0.6 is 0 Å². The third-order valence-corrected chi connectivity index (χ3v) is 4.77. The molecule has 138 valence electrons. The van der Waals surface area contributed by atoms with Gasteiger partial charge in [0, 0.05) is 26.2 Å². The molecule has 26 heavy (non-hydrogen) atoms. The summed E-state index contributed by atoms with van der Waals surface area (Å²) in [6.45, 7) is 7.20. The second-order valence-corrected chi connectivity index (χ2v) is 6.72. The maximum atomic E-state index is 12.4. The van der Waals surface area contributed by atoms with Gasteiger partial charge in [-0.15, -0.1) is 0 Å². The molecule has 1 saturated heterocycles. The molecule has 5 nitrogen and oxygen atoms in total. The number of benzene rings is 2. The Hall–Kier alpha value is -2.69. The lowest BCUT2D eigenvalue weighted by atomic mass is 10.1. The third-order valence-electron chi connectivity index (χ3n) is 4.77. The van der Waals surface area contributed by atoms with Gasteiger partial charge in [-0.25, -0.2) is 0 Å². The molecular weight excluding hydrogens is 328 g/mol. The van der Waals surface area contributed by atoms with E-state index in [1.807, 2.05) is 49.1 Å². The average molecular weight is 354 g/mol. The minimum Gasteiger partial charge on any atom is -0.506 e. The number of hydrogen-bond donors (Lipinski definition) is 1. The number of amides is 1. The maximum Gasteiger partial charge on any atom is 0.226 e. The van der Waals surface area contributed by atoms with Crippen molar-refractivity contribution < 1.29 is 14.6 Å². The molecule has 1 aliphatic heterocycles. The predicted octanol–water partition coefficient (Wildman–Crippen LogP) is 3.13. The molecule has 5 heteroatoms. The number of carbonyl (C=O) groups excluding carboxylic acids is 1. The summed E-state index contributed by atoms with van der Waals surface area (Å²) in [6, 6.07) is 13.4. The van der Waals surface area contributed by atoms with Crippen LogP contribution < -0.4 is 9.64 Å². The van der Waals surface area contributed by atoms with E-state index in [-0.39, 0.29) is 11.7 Å². The van der Waals surface area contributed by atoms with E-state index in [4.69, 9.17) is 4.74 Å². The van der Waals surface area contributed by atoms with Crippen LogP contribution in [0, 0.1) is 13.8 Å². The van der Waals surface area contributed by atoms with Crippen LogP contribution in [0.25, 0.3) is 0 Å². The van der Waals surface area contributed by atoms with Crippen LogP contribution in [0.15, 0.2) is 42.5 Å². The first-order valence-electron chi connectivity index (χ1n) is 9.05. The van der Waals surface area contributed by atoms with Crippen LogP contribution in [0.2, 0.25) is 0 Å². The van der Waals surface area contributed by atoms with Crippen molar-refractivity contribution in [3.63, 3.8) is 0 Å². The van der Waals surface area contributed by atoms with Crippen molar-refractivity contribution in [2.45, 2.75) is 20.3 Å². The number of anilines is 1. The molecule has 2 aromatic carbocycles. The van der Waals surface area contributed by atoms with Crippen LogP contribution in [-0.2, 0) is 4.79 Å². The lowest BCUT2D eigenvalue weighted by Gasteiger charge is -2.36. The first kappa shape index (κ1) is 18.1. The Bertz CT molecular complexity index is 768. The van der Waals surface area contributed by atoms with Gasteiger partial charge in [0.25, 0.3) is 0 Å². The highest BCUT2D eigenvalue weighted by molar-refractivity contribution is 5.76. The highest BCUT2D eigenvalue weighted by Crippen LogP contribution is 2.27. The van der Waals surface area contributed by atoms with Crippen molar-refractivity contribution in [2.24, 2.45) is 0 Å². The molecule has 0 spiro atoms. The lowest BCUT2D eigenvalue weighted by Crippen LogP contribution is -2.49. The average Bonchev–Trinajstić information content (AvgIpc) is 2.65. The summed E-state index contributed by atoms with van der Waals surface area (Å²) in [6.07, 6.45) is 0.379. The molecule has 1 fully saturated rings. The van der Waals surface area contributed by atoms with Crippen molar-refractivity contribution in [2.75, 3.05) is 37.7 Å². The highest BCUT2D eigenvalue weighted by Gasteiger charge is 2.22. The van der Waals surface area contributed by atoms with E-state index < -0.39 is 0 Å². The zero-order chi connectivity index (χ0) is 18.5. The Morgan fingerprint density at radius 1 is 1.08 bits per heavy atom. The molecule has 0 atom stereocenters. The zero-order valence-electron chi connectivity index (χ0n) is 15.4. The lowest BCUT2D eigenvalue weighted by molar-refractivity contribution is -0.132. The van der Waals surface area contributed by atoms with Gasteiger partial charge in [-0.05, 0) is 43.2 Å². The molecule has 0 aromatic heterocycles. The molecule has 0 aliphatic carbocycles. The molecule has 2 aromatic rings. The number of hydrogen-bond acceptors (Lipinski definition) is 4. The number of phenolic OH excluding ortho intramolecular Hbond substituents is 1. The monoisotopic (exact) mass is 354 g/mol. The molecule has 1 aliphatic rings. The summed E-state index contributed by atoms with van der Waals surface area (Å²) in [7, 11) is 0. The molecule has 1 amide bonds. The fourth-order valence-electron chi connectivity index (χ4n) is 3.20. The number of phenols is 1. The summed E-state index contributed by atoms with van der Waals surface area (Å²) in [5.41, 5.74) is 3.06. The quantitative estimate of drug-likeness (QED) is 0.896. The largest absolute Gasteiger partial charge is 0.506 e. The van der Waals surface area contributed by atoms with Crippen LogP contribution in [0.4, 0.5) is 5.69 Å². The van der Waals surface area contributed by atoms with Gasteiger partial charge in [0.1, 0.15) is 11.5 Å². The van der Waals surface area contributed by atoms with Gasteiger partial charge in [0.15, 0.2) is 0 Å². The Balaban J connectivity index is 1.47. The second kappa shape index (κ2) is 8.13. The molecule has 3 rings (SSSR count). The zero-order valence-corrected chi connectivity index (χ0v) is 15.4. The maximum absolute atomic E-state index is 12.4. The number of aromatic hydroxyl groups is 1. The van der Waals surface area contributed by atoms with Gasteiger partial charge in [-0.3, -0.25) is 4.79 Å². The Kier molecular flexibility index (Phi) is 5.66. The van der Waals surface area contributed by atoms with Crippen molar-refractivity contribution in [3.8, 4) is 11.5 Å². The molecule has 1 heterocycles. The smallest absolute Gasteiger partial charge is 0.226 e. The normalized spacial score (nSPS) is 14.4. The van der Waals surface area contributed by atoms with Crippen LogP contribution in [0.5, 0.6) is 11.5 Å². The molecule has 0 bridgehead atoms. The van der Waals surface area contributed by atoms with E-state index in [2.05, 4.69) is 11.0 Å². The summed E-state index contributed by atoms with van der Waals surface area (Å²) >= 11 is 0. The van der Waals surface area contributed by atoms with Gasteiger partial charge >= 0.3 is 0 Å². The summed E-state index contributed by atoms with van der Waals surface area (Å²) in [5.74, 6) is 1.25. The minimum absolute atomic E-state index is 0.118. The van der Waals surface area contributed by atoms with Crippen LogP contribution in [0.3, 0.4) is 0 Å². The Morgan fingerprint density at radius 2 is 1.81 bits per heavy atom. The van der Waals surface area contributed by atoms with Crippen molar-refractivity contribution in [1.82, 2.24) is 4.90 Å². The van der Waals surface area contributed by atoms with Crippen molar-refractivity contribution in [3.05, 3.63) is 53.6 Å². The highest BCUT2D eigenvalue weighted by atomic mass is 16.5. The number of aryl methyl sites for hydroxylation is 2. The van der Waals surface area contributed by atoms with Crippen LogP contribution in [-0.4, -0.2) is 48.7 Å². The number of rotatable bonds is 5. The first-order valence-corrected chi connectivity index (χ1v) is 9.05. The van der Waals surface area contributed by atoms with E-state index in [1.54, 1.807) is 6.07 Å². The van der Waals surface area contributed by atoms with Gasteiger partial charge in [-0.1, -0.05) is 24.3 Å². The van der Waals surface area contributed by atoms with Crippen molar-refractivity contribution in [1.29, 1.82) is 0 Å². The van der Waals surface area contributed by atoms with E-state index in [9.17, 15) is 9.90 Å². The number of carbonyl (C=O) groups is 1. The number of piperazine rings is 1. The molecular formula is C21H26N2O3. The van der Waals surface area contributed by atoms with E-state index in [0.717, 1.165) is 35.7 Å². The third kappa shape index (κ3) is 4.28. The molecule has 0 unspecified atom stereocenters. The van der Waals surface area contributed by atoms with Crippen LogP contribution in [0.1, 0.15) is 17.5 Å². The molecule has 0 radical (unpaired) electrons.